The first-order valence-corrected chi connectivity index (χ1v) is 12.3. The Morgan fingerprint density at radius 1 is 1.13 bits per heavy atom. The number of carbonyl (C=O) groups excluding carboxylic acids is 2. The SMILES string of the molecule is Cc1cc(CNC(=O)c2cc(C(=O)N[C@H]3CCc4c3ccc(C(=O)O)c4C)n3nc(Cl)cc3n2)ccc1F. The molecule has 0 bridgehead atoms. The molecule has 11 heteroatoms. The largest absolute Gasteiger partial charge is 0.478 e. The van der Waals surface area contributed by atoms with Crippen molar-refractivity contribution in [2.24, 2.45) is 0 Å². The quantitative estimate of drug-likeness (QED) is 0.340. The summed E-state index contributed by atoms with van der Waals surface area (Å²) in [4.78, 5) is 42.1. The Kier molecular flexibility index (Phi) is 6.58. The van der Waals surface area contributed by atoms with Crippen LogP contribution < -0.4 is 10.6 Å². The number of fused-ring (bicyclic) bond motifs is 2. The van der Waals surface area contributed by atoms with Gasteiger partial charge in [-0.1, -0.05) is 29.8 Å². The van der Waals surface area contributed by atoms with Gasteiger partial charge in [-0.15, -0.1) is 0 Å². The molecule has 194 valence electrons. The van der Waals surface area contributed by atoms with Gasteiger partial charge in [-0.3, -0.25) is 9.59 Å². The molecule has 9 nitrogen and oxygen atoms in total. The highest BCUT2D eigenvalue weighted by Crippen LogP contribution is 2.35. The van der Waals surface area contributed by atoms with Crippen LogP contribution in [0.1, 0.15) is 71.6 Å². The zero-order chi connectivity index (χ0) is 27.1. The van der Waals surface area contributed by atoms with E-state index in [2.05, 4.69) is 20.7 Å². The van der Waals surface area contributed by atoms with Crippen molar-refractivity contribution in [2.45, 2.75) is 39.3 Å². The molecule has 0 radical (unpaired) electrons. The number of hydrogen-bond acceptors (Lipinski definition) is 5. The lowest BCUT2D eigenvalue weighted by molar-refractivity contribution is 0.0695. The minimum Gasteiger partial charge on any atom is -0.478 e. The zero-order valence-electron chi connectivity index (χ0n) is 20.5. The molecule has 2 aromatic carbocycles. The van der Waals surface area contributed by atoms with Crippen molar-refractivity contribution in [3.8, 4) is 0 Å². The van der Waals surface area contributed by atoms with Crippen molar-refractivity contribution in [2.75, 3.05) is 0 Å². The molecule has 5 rings (SSSR count). The Balaban J connectivity index is 1.40. The fraction of sp³-hybridized carbons (Fsp3) is 0.222. The van der Waals surface area contributed by atoms with Crippen LogP contribution in [0.3, 0.4) is 0 Å². The molecule has 1 atom stereocenters. The van der Waals surface area contributed by atoms with Crippen LogP contribution in [0.5, 0.6) is 0 Å². The predicted octanol–water partition coefficient (Wildman–Crippen LogP) is 4.18. The van der Waals surface area contributed by atoms with E-state index < -0.39 is 17.8 Å². The second-order valence-electron chi connectivity index (χ2n) is 9.21. The Hall–Kier alpha value is -4.31. The summed E-state index contributed by atoms with van der Waals surface area (Å²) in [6.07, 6.45) is 1.23. The van der Waals surface area contributed by atoms with E-state index >= 15 is 0 Å². The van der Waals surface area contributed by atoms with Gasteiger partial charge in [0.05, 0.1) is 11.6 Å². The number of aryl methyl sites for hydroxylation is 1. The molecule has 2 heterocycles. The second kappa shape index (κ2) is 9.86. The summed E-state index contributed by atoms with van der Waals surface area (Å²) in [5.41, 5.74) is 4.15. The molecular formula is C27H23ClFN5O4. The van der Waals surface area contributed by atoms with E-state index in [9.17, 15) is 23.9 Å². The Morgan fingerprint density at radius 3 is 2.66 bits per heavy atom. The van der Waals surface area contributed by atoms with E-state index in [0.29, 0.717) is 29.5 Å². The van der Waals surface area contributed by atoms with Gasteiger partial charge < -0.3 is 15.7 Å². The zero-order valence-corrected chi connectivity index (χ0v) is 21.3. The van der Waals surface area contributed by atoms with Crippen LogP contribution in [-0.4, -0.2) is 37.5 Å². The van der Waals surface area contributed by atoms with E-state index in [0.717, 1.165) is 11.1 Å². The number of nitrogens with zero attached hydrogens (tertiary/aromatic N) is 3. The number of carboxylic acids is 1. The molecule has 38 heavy (non-hydrogen) atoms. The van der Waals surface area contributed by atoms with Crippen LogP contribution in [0.25, 0.3) is 5.65 Å². The Morgan fingerprint density at radius 2 is 1.92 bits per heavy atom. The molecule has 3 N–H and O–H groups in total. The molecule has 4 aromatic rings. The van der Waals surface area contributed by atoms with Gasteiger partial charge in [-0.2, -0.15) is 5.10 Å². The van der Waals surface area contributed by atoms with Crippen molar-refractivity contribution in [1.82, 2.24) is 25.2 Å². The van der Waals surface area contributed by atoms with Crippen LogP contribution in [0.4, 0.5) is 4.39 Å². The summed E-state index contributed by atoms with van der Waals surface area (Å²) < 4.78 is 14.8. The summed E-state index contributed by atoms with van der Waals surface area (Å²) >= 11 is 6.07. The average Bonchev–Trinajstić information content (AvgIpc) is 3.46. The summed E-state index contributed by atoms with van der Waals surface area (Å²) in [7, 11) is 0. The smallest absolute Gasteiger partial charge is 0.335 e. The number of amides is 2. The summed E-state index contributed by atoms with van der Waals surface area (Å²) in [6, 6.07) is 10.3. The maximum atomic E-state index is 13.6. The van der Waals surface area contributed by atoms with Crippen LogP contribution in [0, 0.1) is 19.7 Å². The summed E-state index contributed by atoms with van der Waals surface area (Å²) in [5, 5.41) is 19.4. The van der Waals surface area contributed by atoms with E-state index in [1.807, 2.05) is 0 Å². The van der Waals surface area contributed by atoms with Crippen molar-refractivity contribution in [3.63, 3.8) is 0 Å². The lowest BCUT2D eigenvalue weighted by Crippen LogP contribution is -2.30. The highest BCUT2D eigenvalue weighted by atomic mass is 35.5. The number of halogens is 2. The van der Waals surface area contributed by atoms with Gasteiger partial charge in [0.25, 0.3) is 11.8 Å². The number of carboxylic acid groups (broad SMARTS) is 1. The van der Waals surface area contributed by atoms with Gasteiger partial charge in [0, 0.05) is 18.7 Å². The number of aromatic carboxylic acids is 1. The number of rotatable bonds is 6. The number of hydrogen-bond donors (Lipinski definition) is 3. The van der Waals surface area contributed by atoms with Crippen LogP contribution in [0.2, 0.25) is 5.15 Å². The first kappa shape index (κ1) is 25.3. The van der Waals surface area contributed by atoms with Crippen molar-refractivity contribution < 1.29 is 23.9 Å². The van der Waals surface area contributed by atoms with Gasteiger partial charge >= 0.3 is 5.97 Å². The number of aromatic nitrogens is 3. The van der Waals surface area contributed by atoms with E-state index in [1.165, 1.54) is 22.7 Å². The summed E-state index contributed by atoms with van der Waals surface area (Å²) in [5.74, 6) is -2.34. The first-order chi connectivity index (χ1) is 18.1. The molecule has 2 amide bonds. The molecule has 0 fully saturated rings. The Bertz CT molecular complexity index is 1630. The van der Waals surface area contributed by atoms with Crippen molar-refractivity contribution in [3.05, 3.63) is 98.2 Å². The molecule has 1 aliphatic rings. The minimum absolute atomic E-state index is 0.00758. The molecule has 1 aliphatic carbocycles. The second-order valence-corrected chi connectivity index (χ2v) is 9.59. The number of nitrogens with one attached hydrogen (secondary N) is 2. The highest BCUT2D eigenvalue weighted by molar-refractivity contribution is 6.29. The lowest BCUT2D eigenvalue weighted by atomic mass is 9.98. The molecule has 0 aliphatic heterocycles. The molecule has 0 saturated heterocycles. The Labute approximate surface area is 221 Å². The fourth-order valence-electron chi connectivity index (χ4n) is 4.81. The maximum Gasteiger partial charge on any atom is 0.335 e. The van der Waals surface area contributed by atoms with E-state index in [-0.39, 0.29) is 46.2 Å². The fourth-order valence-corrected chi connectivity index (χ4v) is 4.98. The van der Waals surface area contributed by atoms with Crippen LogP contribution in [-0.2, 0) is 13.0 Å². The molecule has 0 unspecified atom stereocenters. The summed E-state index contributed by atoms with van der Waals surface area (Å²) in [6.45, 7) is 3.55. The third-order valence-electron chi connectivity index (χ3n) is 6.77. The highest BCUT2D eigenvalue weighted by Gasteiger charge is 2.29. The van der Waals surface area contributed by atoms with Gasteiger partial charge in [-0.25, -0.2) is 18.7 Å². The number of benzene rings is 2. The monoisotopic (exact) mass is 535 g/mol. The first-order valence-electron chi connectivity index (χ1n) is 11.9. The third kappa shape index (κ3) is 4.70. The standard InChI is InChI=1S/C27H23ClFN5O4/c1-13-9-15(3-7-19(13)29)12-30-25(35)21-10-22(34-24(31-21)11-23(28)33-34)26(36)32-20-8-6-16-14(2)17(27(37)38)4-5-18(16)20/h3-5,7,9-11,20H,6,8,12H2,1-2H3,(H,30,35)(H,32,36)(H,37,38)/t20-/m0/s1. The van der Waals surface area contributed by atoms with Gasteiger partial charge in [0.2, 0.25) is 0 Å². The molecule has 0 saturated carbocycles. The molecule has 2 aromatic heterocycles. The van der Waals surface area contributed by atoms with Crippen LogP contribution >= 0.6 is 11.6 Å². The lowest BCUT2D eigenvalue weighted by Gasteiger charge is -2.16. The van der Waals surface area contributed by atoms with E-state index in [4.69, 9.17) is 11.6 Å². The maximum absolute atomic E-state index is 13.6. The van der Waals surface area contributed by atoms with Gasteiger partial charge in [0.15, 0.2) is 10.8 Å². The predicted molar refractivity (Wildman–Crippen MR) is 137 cm³/mol. The van der Waals surface area contributed by atoms with Crippen molar-refractivity contribution in [1.29, 1.82) is 0 Å². The number of carbonyl (C=O) groups is 3. The third-order valence-corrected chi connectivity index (χ3v) is 6.95. The topological polar surface area (TPSA) is 126 Å². The van der Waals surface area contributed by atoms with Gasteiger partial charge in [0.1, 0.15) is 17.2 Å². The molecular weight excluding hydrogens is 513 g/mol. The van der Waals surface area contributed by atoms with Crippen molar-refractivity contribution >= 4 is 35.0 Å². The minimum atomic E-state index is -0.993. The average molecular weight is 536 g/mol. The molecule has 0 spiro atoms. The van der Waals surface area contributed by atoms with E-state index in [1.54, 1.807) is 38.1 Å². The normalized spacial score (nSPS) is 14.4. The van der Waals surface area contributed by atoms with Gasteiger partial charge in [-0.05, 0) is 66.6 Å². The van der Waals surface area contributed by atoms with Crippen LogP contribution in [0.15, 0.2) is 42.5 Å².